The van der Waals surface area contributed by atoms with Gasteiger partial charge < -0.3 is 14.8 Å². The molecule has 0 aliphatic heterocycles. The van der Waals surface area contributed by atoms with Crippen molar-refractivity contribution in [3.05, 3.63) is 47.7 Å². The number of benzene rings is 1. The first-order chi connectivity index (χ1) is 12.6. The second kappa shape index (κ2) is 8.63. The van der Waals surface area contributed by atoms with Gasteiger partial charge in [-0.2, -0.15) is 0 Å². The zero-order valence-corrected chi connectivity index (χ0v) is 15.1. The Bertz CT molecular complexity index is 877. The molecule has 0 atom stereocenters. The molecular formula is C17H19N5O3S. The quantitative estimate of drug-likeness (QED) is 0.435. The summed E-state index contributed by atoms with van der Waals surface area (Å²) >= 11 is 1.62. The number of nitrogens with one attached hydrogen (secondary N) is 1. The minimum absolute atomic E-state index is 0.245. The van der Waals surface area contributed by atoms with Gasteiger partial charge in [-0.25, -0.2) is 9.48 Å². The summed E-state index contributed by atoms with van der Waals surface area (Å²) in [5, 5.41) is 24.5. The normalized spacial score (nSPS) is 11.0. The molecule has 0 bridgehead atoms. The van der Waals surface area contributed by atoms with Gasteiger partial charge in [-0.05, 0) is 47.7 Å². The second-order valence-corrected chi connectivity index (χ2v) is 6.68. The first kappa shape index (κ1) is 18.2. The molecule has 136 valence electrons. The van der Waals surface area contributed by atoms with E-state index in [2.05, 4.69) is 20.8 Å². The smallest absolute Gasteiger partial charge is 0.335 e. The SMILES string of the molecule is Cn1nnnc1SCCCNCc1ccc(-c2cccc(C(=O)O)c2)o1. The van der Waals surface area contributed by atoms with Crippen molar-refractivity contribution in [2.45, 2.75) is 18.1 Å². The Morgan fingerprint density at radius 2 is 2.23 bits per heavy atom. The highest BCUT2D eigenvalue weighted by atomic mass is 32.2. The molecular weight excluding hydrogens is 354 g/mol. The van der Waals surface area contributed by atoms with Crippen LogP contribution in [0.1, 0.15) is 22.5 Å². The van der Waals surface area contributed by atoms with Crippen molar-refractivity contribution in [3.63, 3.8) is 0 Å². The number of aryl methyl sites for hydroxylation is 1. The molecule has 0 radical (unpaired) electrons. The van der Waals surface area contributed by atoms with Gasteiger partial charge in [0.05, 0.1) is 12.1 Å². The predicted molar refractivity (Wildman–Crippen MR) is 96.9 cm³/mol. The van der Waals surface area contributed by atoms with E-state index in [1.54, 1.807) is 34.6 Å². The van der Waals surface area contributed by atoms with Crippen molar-refractivity contribution in [1.29, 1.82) is 0 Å². The van der Waals surface area contributed by atoms with Crippen LogP contribution in [-0.2, 0) is 13.6 Å². The number of nitrogens with zero attached hydrogens (tertiary/aromatic N) is 4. The number of furan rings is 1. The fourth-order valence-electron chi connectivity index (χ4n) is 2.35. The van der Waals surface area contributed by atoms with Crippen LogP contribution in [0.15, 0.2) is 46.0 Å². The van der Waals surface area contributed by atoms with Crippen LogP contribution in [-0.4, -0.2) is 43.6 Å². The van der Waals surface area contributed by atoms with Gasteiger partial charge in [0.2, 0.25) is 5.16 Å². The van der Waals surface area contributed by atoms with E-state index in [1.807, 2.05) is 25.2 Å². The summed E-state index contributed by atoms with van der Waals surface area (Å²) in [6.07, 6.45) is 0.978. The number of carboxylic acid groups (broad SMARTS) is 1. The number of carbonyl (C=O) groups is 1. The monoisotopic (exact) mass is 373 g/mol. The van der Waals surface area contributed by atoms with Crippen LogP contribution >= 0.6 is 11.8 Å². The number of aromatic nitrogens is 4. The lowest BCUT2D eigenvalue weighted by Gasteiger charge is -2.03. The highest BCUT2D eigenvalue weighted by Gasteiger charge is 2.08. The Morgan fingerprint density at radius 3 is 3.00 bits per heavy atom. The van der Waals surface area contributed by atoms with E-state index in [4.69, 9.17) is 9.52 Å². The molecule has 2 heterocycles. The van der Waals surface area contributed by atoms with Crippen LogP contribution in [0.5, 0.6) is 0 Å². The molecule has 0 saturated carbocycles. The Hall–Kier alpha value is -2.65. The van der Waals surface area contributed by atoms with E-state index < -0.39 is 5.97 Å². The highest BCUT2D eigenvalue weighted by Crippen LogP contribution is 2.23. The van der Waals surface area contributed by atoms with Crippen LogP contribution in [0.25, 0.3) is 11.3 Å². The van der Waals surface area contributed by atoms with Crippen LogP contribution < -0.4 is 5.32 Å². The lowest BCUT2D eigenvalue weighted by Crippen LogP contribution is -2.14. The number of thioether (sulfide) groups is 1. The fourth-order valence-corrected chi connectivity index (χ4v) is 3.14. The number of carboxylic acids is 1. The molecule has 0 saturated heterocycles. The molecule has 2 aromatic heterocycles. The second-order valence-electron chi connectivity index (χ2n) is 5.62. The van der Waals surface area contributed by atoms with Crippen LogP contribution in [0.3, 0.4) is 0 Å². The van der Waals surface area contributed by atoms with Crippen molar-refractivity contribution in [2.75, 3.05) is 12.3 Å². The molecule has 0 unspecified atom stereocenters. The Balaban J connectivity index is 1.43. The van der Waals surface area contributed by atoms with E-state index in [-0.39, 0.29) is 5.56 Å². The predicted octanol–water partition coefficient (Wildman–Crippen LogP) is 2.44. The van der Waals surface area contributed by atoms with Crippen molar-refractivity contribution in [1.82, 2.24) is 25.5 Å². The van der Waals surface area contributed by atoms with E-state index in [0.29, 0.717) is 12.3 Å². The first-order valence-corrected chi connectivity index (χ1v) is 9.10. The lowest BCUT2D eigenvalue weighted by molar-refractivity contribution is 0.0697. The minimum Gasteiger partial charge on any atom is -0.478 e. The van der Waals surface area contributed by atoms with Gasteiger partial charge in [0.1, 0.15) is 11.5 Å². The van der Waals surface area contributed by atoms with Gasteiger partial charge in [-0.15, -0.1) is 5.10 Å². The zero-order chi connectivity index (χ0) is 18.4. The van der Waals surface area contributed by atoms with Gasteiger partial charge in [0.25, 0.3) is 0 Å². The average Bonchev–Trinajstić information content (AvgIpc) is 3.27. The lowest BCUT2D eigenvalue weighted by atomic mass is 10.1. The van der Waals surface area contributed by atoms with Crippen molar-refractivity contribution in [2.24, 2.45) is 7.05 Å². The topological polar surface area (TPSA) is 106 Å². The van der Waals surface area contributed by atoms with Crippen molar-refractivity contribution in [3.8, 4) is 11.3 Å². The maximum Gasteiger partial charge on any atom is 0.335 e. The van der Waals surface area contributed by atoms with Crippen LogP contribution in [0.4, 0.5) is 0 Å². The van der Waals surface area contributed by atoms with Crippen LogP contribution in [0, 0.1) is 0 Å². The third-order valence-electron chi connectivity index (χ3n) is 3.67. The van der Waals surface area contributed by atoms with E-state index in [9.17, 15) is 4.79 Å². The first-order valence-electron chi connectivity index (χ1n) is 8.12. The molecule has 3 aromatic rings. The highest BCUT2D eigenvalue weighted by molar-refractivity contribution is 7.99. The maximum atomic E-state index is 11.1. The number of aromatic carboxylic acids is 1. The number of hydrogen-bond donors (Lipinski definition) is 2. The third-order valence-corrected chi connectivity index (χ3v) is 4.76. The van der Waals surface area contributed by atoms with E-state index in [0.717, 1.165) is 35.2 Å². The van der Waals surface area contributed by atoms with E-state index >= 15 is 0 Å². The molecule has 0 amide bonds. The Labute approximate surface area is 154 Å². The summed E-state index contributed by atoms with van der Waals surface area (Å²) in [5.41, 5.74) is 0.999. The molecule has 1 aromatic carbocycles. The Kier molecular flexibility index (Phi) is 6.03. The maximum absolute atomic E-state index is 11.1. The molecule has 0 aliphatic carbocycles. The minimum atomic E-state index is -0.949. The molecule has 3 rings (SSSR count). The van der Waals surface area contributed by atoms with E-state index in [1.165, 1.54) is 0 Å². The largest absolute Gasteiger partial charge is 0.478 e. The summed E-state index contributed by atoms with van der Waals surface area (Å²) in [7, 11) is 1.82. The third kappa shape index (κ3) is 4.70. The summed E-state index contributed by atoms with van der Waals surface area (Å²) in [4.78, 5) is 11.1. The van der Waals surface area contributed by atoms with Crippen molar-refractivity contribution >= 4 is 17.7 Å². The summed E-state index contributed by atoms with van der Waals surface area (Å²) in [5.74, 6) is 1.45. The molecule has 26 heavy (non-hydrogen) atoms. The Morgan fingerprint density at radius 1 is 1.35 bits per heavy atom. The number of hydrogen-bond acceptors (Lipinski definition) is 7. The van der Waals surface area contributed by atoms with Gasteiger partial charge in [-0.3, -0.25) is 0 Å². The van der Waals surface area contributed by atoms with Crippen LogP contribution in [0.2, 0.25) is 0 Å². The molecule has 9 heteroatoms. The van der Waals surface area contributed by atoms with Gasteiger partial charge in [0, 0.05) is 18.4 Å². The standard InChI is InChI=1S/C17H19N5O3S/c1-22-17(19-20-21-22)26-9-3-8-18-11-14-6-7-15(25-14)12-4-2-5-13(10-12)16(23)24/h2,4-7,10,18H,3,8-9,11H2,1H3,(H,23,24). The molecule has 0 spiro atoms. The fraction of sp³-hybridized carbons (Fsp3) is 0.294. The van der Waals surface area contributed by atoms with Gasteiger partial charge in [-0.1, -0.05) is 23.9 Å². The zero-order valence-electron chi connectivity index (χ0n) is 14.3. The number of tetrazole rings is 1. The molecule has 0 aliphatic rings. The molecule has 8 nitrogen and oxygen atoms in total. The average molecular weight is 373 g/mol. The van der Waals surface area contributed by atoms with Gasteiger partial charge in [0.15, 0.2) is 0 Å². The van der Waals surface area contributed by atoms with Gasteiger partial charge >= 0.3 is 5.97 Å². The summed E-state index contributed by atoms with van der Waals surface area (Å²) < 4.78 is 7.45. The summed E-state index contributed by atoms with van der Waals surface area (Å²) in [6, 6.07) is 10.5. The number of rotatable bonds is 9. The van der Waals surface area contributed by atoms with Crippen molar-refractivity contribution < 1.29 is 14.3 Å². The molecule has 2 N–H and O–H groups in total. The summed E-state index contributed by atoms with van der Waals surface area (Å²) in [6.45, 7) is 1.47. The molecule has 0 fully saturated rings.